The molecular weight excluding hydrogens is 506 g/mol. The van der Waals surface area contributed by atoms with Crippen LogP contribution in [0, 0.1) is 0 Å². The fourth-order valence-electron chi connectivity index (χ4n) is 4.11. The zero-order valence-electron chi connectivity index (χ0n) is 18.8. The quantitative estimate of drug-likeness (QED) is 0.170. The number of carboxylic acids is 1. The molecule has 1 unspecified atom stereocenters. The van der Waals surface area contributed by atoms with Crippen LogP contribution >= 0.6 is 23.3 Å². The lowest BCUT2D eigenvalue weighted by atomic mass is 10.0. The Balaban J connectivity index is 1.36. The number of nitrogens with two attached hydrogens (primary N) is 1. The van der Waals surface area contributed by atoms with E-state index in [2.05, 4.69) is 19.8 Å². The Hall–Kier alpha value is -4.04. The molecule has 184 valence electrons. The molecule has 2 aromatic heterocycles. The monoisotopic (exact) mass is 525 g/mol. The number of β-lactam (4-membered cyclic amide) rings is 1. The molecule has 4 heterocycles. The number of nitrogens with zero attached hydrogens (tertiary/aromatic N) is 5. The van der Waals surface area contributed by atoms with Gasteiger partial charge in [-0.2, -0.15) is 9.36 Å². The first kappa shape index (κ1) is 23.7. The Morgan fingerprint density at radius 3 is 2.81 bits per heavy atom. The smallest absolute Gasteiger partial charge is 0.278 e. The van der Waals surface area contributed by atoms with E-state index < -0.39 is 29.2 Å². The molecule has 1 aromatic carbocycles. The van der Waals surface area contributed by atoms with Gasteiger partial charge in [0.05, 0.1) is 11.7 Å². The number of amides is 2. The average molecular weight is 526 g/mol. The maximum Gasteiger partial charge on any atom is 0.278 e. The van der Waals surface area contributed by atoms with Gasteiger partial charge in [-0.05, 0) is 11.5 Å². The zero-order valence-corrected chi connectivity index (χ0v) is 20.4. The summed E-state index contributed by atoms with van der Waals surface area (Å²) >= 11 is 2.23. The summed E-state index contributed by atoms with van der Waals surface area (Å²) in [5, 5.41) is 19.9. The summed E-state index contributed by atoms with van der Waals surface area (Å²) in [7, 11) is 1.25. The fourth-order valence-corrected chi connectivity index (χ4v) is 5.88. The molecule has 2 aliphatic rings. The van der Waals surface area contributed by atoms with Crippen molar-refractivity contribution < 1.29 is 28.9 Å². The van der Waals surface area contributed by atoms with E-state index in [0.717, 1.165) is 27.2 Å². The van der Waals surface area contributed by atoms with E-state index in [1.165, 1.54) is 18.9 Å². The normalized spacial score (nSPS) is 19.6. The summed E-state index contributed by atoms with van der Waals surface area (Å²) < 4.78 is 5.82. The van der Waals surface area contributed by atoms with E-state index in [0.29, 0.717) is 11.3 Å². The van der Waals surface area contributed by atoms with E-state index in [4.69, 9.17) is 10.6 Å². The van der Waals surface area contributed by atoms with Crippen LogP contribution in [-0.2, 0) is 25.8 Å². The second-order valence-corrected chi connectivity index (χ2v) is 9.81. The summed E-state index contributed by atoms with van der Waals surface area (Å²) in [5.41, 5.74) is 5.70. The third kappa shape index (κ3) is 4.24. The summed E-state index contributed by atoms with van der Waals surface area (Å²) in [4.78, 5) is 47.7. The Kier molecular flexibility index (Phi) is 6.28. The number of hydrogen-bond donors (Lipinski definition) is 2. The summed E-state index contributed by atoms with van der Waals surface area (Å²) in [6.07, 6.45) is 3.78. The minimum absolute atomic E-state index is 0.0400. The van der Waals surface area contributed by atoms with E-state index in [-0.39, 0.29) is 28.9 Å². The first-order chi connectivity index (χ1) is 17.4. The maximum atomic E-state index is 13.0. The molecule has 14 heteroatoms. The third-order valence-electron chi connectivity index (χ3n) is 5.70. The number of carbonyl (C=O) groups excluding carboxylic acids is 3. The molecule has 0 bridgehead atoms. The van der Waals surface area contributed by atoms with Crippen molar-refractivity contribution >= 4 is 62.7 Å². The average Bonchev–Trinajstić information content (AvgIpc) is 3.30. The highest BCUT2D eigenvalue weighted by atomic mass is 32.2. The van der Waals surface area contributed by atoms with Crippen molar-refractivity contribution in [3.8, 4) is 0 Å². The van der Waals surface area contributed by atoms with Crippen molar-refractivity contribution in [2.24, 2.45) is 5.16 Å². The molecule has 1 fully saturated rings. The number of oxime groups is 1. The molecule has 0 radical (unpaired) electrons. The lowest BCUT2D eigenvalue weighted by Crippen LogP contribution is -2.71. The molecule has 2 atom stereocenters. The molecule has 1 saturated heterocycles. The molecule has 12 nitrogen and oxygen atoms in total. The first-order valence-corrected chi connectivity index (χ1v) is 12.5. The van der Waals surface area contributed by atoms with Crippen molar-refractivity contribution in [2.75, 3.05) is 18.6 Å². The first-order valence-electron chi connectivity index (χ1n) is 10.6. The highest BCUT2D eigenvalue weighted by Crippen LogP contribution is 2.40. The molecular formula is C22H19N7O5S2. The number of nitrogen functional groups attached to an aromatic ring is 1. The van der Waals surface area contributed by atoms with Gasteiger partial charge in [-0.15, -0.1) is 11.8 Å². The summed E-state index contributed by atoms with van der Waals surface area (Å²) in [6, 6.07) is 8.80. The number of carboxylic acid groups (broad SMARTS) is 1. The van der Waals surface area contributed by atoms with E-state index in [1.807, 2.05) is 47.3 Å². The summed E-state index contributed by atoms with van der Waals surface area (Å²) in [5.74, 6) is -2.46. The topological polar surface area (TPSA) is 167 Å². The minimum Gasteiger partial charge on any atom is -0.543 e. The molecule has 0 saturated carbocycles. The number of carbonyl (C=O) groups is 3. The van der Waals surface area contributed by atoms with Gasteiger partial charge in [0, 0.05) is 34.3 Å². The van der Waals surface area contributed by atoms with Gasteiger partial charge in [-0.25, -0.2) is 4.57 Å². The number of thioether (sulfide) groups is 1. The van der Waals surface area contributed by atoms with Crippen LogP contribution in [0.25, 0.3) is 10.8 Å². The van der Waals surface area contributed by atoms with Gasteiger partial charge in [0.15, 0.2) is 24.1 Å². The van der Waals surface area contributed by atoms with Crippen molar-refractivity contribution in [3.63, 3.8) is 0 Å². The summed E-state index contributed by atoms with van der Waals surface area (Å²) in [6.45, 7) is 0.274. The van der Waals surface area contributed by atoms with Crippen LogP contribution in [0.3, 0.4) is 0 Å². The number of hydrogen-bond acceptors (Lipinski definition) is 11. The van der Waals surface area contributed by atoms with Crippen LogP contribution in [0.1, 0.15) is 5.82 Å². The van der Waals surface area contributed by atoms with E-state index >= 15 is 0 Å². The number of aromatic nitrogens is 3. The second-order valence-electron chi connectivity index (χ2n) is 7.93. The van der Waals surface area contributed by atoms with Gasteiger partial charge >= 0.3 is 0 Å². The fraction of sp³-hybridized carbons (Fsp3) is 0.227. The number of anilines is 1. The van der Waals surface area contributed by atoms with Crippen molar-refractivity contribution in [1.82, 2.24) is 19.6 Å². The lowest BCUT2D eigenvalue weighted by Gasteiger charge is -2.50. The second kappa shape index (κ2) is 9.54. The number of pyridine rings is 1. The van der Waals surface area contributed by atoms with Gasteiger partial charge in [0.1, 0.15) is 18.5 Å². The highest BCUT2D eigenvalue weighted by Gasteiger charge is 2.53. The zero-order chi connectivity index (χ0) is 25.4. The molecule has 0 aliphatic carbocycles. The van der Waals surface area contributed by atoms with Crippen LogP contribution < -0.4 is 20.7 Å². The number of fused-ring (bicyclic) bond motifs is 2. The SMILES string of the molecule is CON=C(C(=O)NC1C(=O)N2C(C(=O)[O-])=C(C[n+]3ccc4ccccc4c3)CS[C@@H]12)c1nsc(N)n1. The molecule has 2 amide bonds. The van der Waals surface area contributed by atoms with Crippen LogP contribution in [-0.4, -0.2) is 62.0 Å². The van der Waals surface area contributed by atoms with Gasteiger partial charge in [-0.1, -0.05) is 23.4 Å². The lowest BCUT2D eigenvalue weighted by molar-refractivity contribution is -0.687. The predicted octanol–water partition coefficient (Wildman–Crippen LogP) is -0.984. The van der Waals surface area contributed by atoms with Crippen LogP contribution in [0.4, 0.5) is 5.13 Å². The number of rotatable bonds is 7. The van der Waals surface area contributed by atoms with Crippen LogP contribution in [0.2, 0.25) is 0 Å². The molecule has 36 heavy (non-hydrogen) atoms. The molecule has 0 spiro atoms. The maximum absolute atomic E-state index is 13.0. The van der Waals surface area contributed by atoms with Gasteiger partial charge in [0.2, 0.25) is 11.5 Å². The highest BCUT2D eigenvalue weighted by molar-refractivity contribution is 8.00. The van der Waals surface area contributed by atoms with Gasteiger partial charge in [-0.3, -0.25) is 14.5 Å². The largest absolute Gasteiger partial charge is 0.543 e. The standard InChI is InChI=1S/C22H19N7O5S2/c1-34-26-14(17-25-22(23)36-27-17)18(30)24-15-19(31)29-16(21(32)33)13(10-35-20(15)29)9-28-7-6-11-4-2-3-5-12(11)8-28/h2-8,15,20H,9-10H2,1H3,(H3-,23,24,25,27,30,32,33)/t15?,20-/m0/s1. The molecule has 3 N–H and O–H groups in total. The van der Waals surface area contributed by atoms with Gasteiger partial charge in [0.25, 0.3) is 11.8 Å². The molecule has 2 aliphatic heterocycles. The number of benzene rings is 1. The molecule has 3 aromatic rings. The van der Waals surface area contributed by atoms with Crippen LogP contribution in [0.15, 0.2) is 59.2 Å². The van der Waals surface area contributed by atoms with E-state index in [9.17, 15) is 19.5 Å². The third-order valence-corrected chi connectivity index (χ3v) is 7.58. The Morgan fingerprint density at radius 1 is 1.33 bits per heavy atom. The van der Waals surface area contributed by atoms with Crippen LogP contribution in [0.5, 0.6) is 0 Å². The van der Waals surface area contributed by atoms with Crippen molar-refractivity contribution in [3.05, 3.63) is 59.8 Å². The Bertz CT molecular complexity index is 1450. The van der Waals surface area contributed by atoms with E-state index in [1.54, 1.807) is 0 Å². The molecule has 5 rings (SSSR count). The number of nitrogens with one attached hydrogen (secondary N) is 1. The Morgan fingerprint density at radius 2 is 2.11 bits per heavy atom. The van der Waals surface area contributed by atoms with Crippen molar-refractivity contribution in [2.45, 2.75) is 18.0 Å². The van der Waals surface area contributed by atoms with Crippen molar-refractivity contribution in [1.29, 1.82) is 0 Å². The predicted molar refractivity (Wildman–Crippen MR) is 129 cm³/mol. The number of aliphatic carboxylic acids is 1. The minimum atomic E-state index is -1.45. The van der Waals surface area contributed by atoms with Gasteiger partial charge < -0.3 is 25.8 Å². The Labute approximate surface area is 212 Å².